The van der Waals surface area contributed by atoms with Gasteiger partial charge in [-0.25, -0.2) is 0 Å². The topological polar surface area (TPSA) is 57.7 Å². The Morgan fingerprint density at radius 1 is 1.32 bits per heavy atom. The standard InChI is InChI=1S/C13H18ClN5/c1-19(8-9-5-3-2-4-6-9)12-10-7-15-18-11(10)16-13(14)17-12/h7,9H,2-6,8H2,1H3,(H,15,16,17,18). The summed E-state index contributed by atoms with van der Waals surface area (Å²) < 4.78 is 0. The lowest BCUT2D eigenvalue weighted by molar-refractivity contribution is 0.362. The number of H-pyrrole nitrogens is 1. The van der Waals surface area contributed by atoms with E-state index in [1.165, 1.54) is 32.1 Å². The summed E-state index contributed by atoms with van der Waals surface area (Å²) in [5, 5.41) is 8.07. The van der Waals surface area contributed by atoms with E-state index >= 15 is 0 Å². The first-order chi connectivity index (χ1) is 9.24. The van der Waals surface area contributed by atoms with E-state index in [1.807, 2.05) is 0 Å². The van der Waals surface area contributed by atoms with Crippen molar-refractivity contribution >= 4 is 28.5 Å². The number of aromatic nitrogens is 4. The fraction of sp³-hybridized carbons (Fsp3) is 0.615. The number of hydrogen-bond donors (Lipinski definition) is 1. The van der Waals surface area contributed by atoms with Crippen molar-refractivity contribution in [2.75, 3.05) is 18.5 Å². The van der Waals surface area contributed by atoms with E-state index in [0.717, 1.165) is 23.7 Å². The molecule has 2 heterocycles. The molecule has 3 rings (SSSR count). The van der Waals surface area contributed by atoms with Crippen LogP contribution in [0.15, 0.2) is 6.20 Å². The smallest absolute Gasteiger partial charge is 0.226 e. The third-order valence-corrected chi connectivity index (χ3v) is 4.05. The van der Waals surface area contributed by atoms with Crippen molar-refractivity contribution in [2.24, 2.45) is 5.92 Å². The second kappa shape index (κ2) is 5.33. The number of halogens is 1. The van der Waals surface area contributed by atoms with Crippen LogP contribution in [0.5, 0.6) is 0 Å². The van der Waals surface area contributed by atoms with E-state index in [9.17, 15) is 0 Å². The predicted octanol–water partition coefficient (Wildman–Crippen LogP) is 3.02. The van der Waals surface area contributed by atoms with E-state index < -0.39 is 0 Å². The Labute approximate surface area is 117 Å². The third kappa shape index (κ3) is 2.66. The SMILES string of the molecule is CN(CC1CCCCC1)c1nc(Cl)nc2[nH]ncc12. The van der Waals surface area contributed by atoms with Crippen molar-refractivity contribution in [2.45, 2.75) is 32.1 Å². The summed E-state index contributed by atoms with van der Waals surface area (Å²) in [7, 11) is 2.07. The maximum absolute atomic E-state index is 5.97. The van der Waals surface area contributed by atoms with Crippen LogP contribution in [0.1, 0.15) is 32.1 Å². The van der Waals surface area contributed by atoms with Gasteiger partial charge < -0.3 is 4.90 Å². The molecule has 1 saturated carbocycles. The fourth-order valence-electron chi connectivity index (χ4n) is 2.93. The zero-order valence-corrected chi connectivity index (χ0v) is 11.8. The molecule has 2 aromatic heterocycles. The quantitative estimate of drug-likeness (QED) is 0.878. The molecule has 1 N–H and O–H groups in total. The predicted molar refractivity (Wildman–Crippen MR) is 76.5 cm³/mol. The van der Waals surface area contributed by atoms with Gasteiger partial charge in [-0.1, -0.05) is 19.3 Å². The number of rotatable bonds is 3. The normalized spacial score (nSPS) is 16.9. The lowest BCUT2D eigenvalue weighted by Gasteiger charge is -2.27. The minimum Gasteiger partial charge on any atom is -0.359 e. The number of aromatic amines is 1. The molecule has 19 heavy (non-hydrogen) atoms. The van der Waals surface area contributed by atoms with Gasteiger partial charge >= 0.3 is 0 Å². The fourth-order valence-corrected chi connectivity index (χ4v) is 3.09. The Hall–Kier alpha value is -1.36. The summed E-state index contributed by atoms with van der Waals surface area (Å²) >= 11 is 5.97. The molecule has 0 radical (unpaired) electrons. The number of nitrogens with zero attached hydrogens (tertiary/aromatic N) is 4. The van der Waals surface area contributed by atoms with Crippen LogP contribution in [-0.4, -0.2) is 33.8 Å². The maximum atomic E-state index is 5.97. The molecular formula is C13H18ClN5. The van der Waals surface area contributed by atoms with Gasteiger partial charge in [0, 0.05) is 13.6 Å². The lowest BCUT2D eigenvalue weighted by Crippen LogP contribution is -2.27. The Balaban J connectivity index is 1.83. The van der Waals surface area contributed by atoms with Crippen molar-refractivity contribution in [3.8, 4) is 0 Å². The lowest BCUT2D eigenvalue weighted by atomic mass is 9.89. The van der Waals surface area contributed by atoms with Crippen LogP contribution in [0.25, 0.3) is 11.0 Å². The Morgan fingerprint density at radius 2 is 2.11 bits per heavy atom. The van der Waals surface area contributed by atoms with E-state index in [-0.39, 0.29) is 5.28 Å². The highest BCUT2D eigenvalue weighted by atomic mass is 35.5. The van der Waals surface area contributed by atoms with Crippen molar-refractivity contribution in [1.82, 2.24) is 20.2 Å². The average molecular weight is 280 g/mol. The van der Waals surface area contributed by atoms with Gasteiger partial charge in [-0.05, 0) is 30.4 Å². The van der Waals surface area contributed by atoms with Crippen molar-refractivity contribution in [3.05, 3.63) is 11.5 Å². The van der Waals surface area contributed by atoms with Gasteiger partial charge in [0.15, 0.2) is 5.65 Å². The Bertz CT molecular complexity index is 561. The first-order valence-corrected chi connectivity index (χ1v) is 7.19. The van der Waals surface area contributed by atoms with Crippen LogP contribution in [0.4, 0.5) is 5.82 Å². The van der Waals surface area contributed by atoms with Crippen molar-refractivity contribution in [1.29, 1.82) is 0 Å². The van der Waals surface area contributed by atoms with Crippen molar-refractivity contribution in [3.63, 3.8) is 0 Å². The molecule has 2 aromatic rings. The van der Waals surface area contributed by atoms with Crippen molar-refractivity contribution < 1.29 is 0 Å². The molecule has 0 amide bonds. The van der Waals surface area contributed by atoms with Crippen LogP contribution in [-0.2, 0) is 0 Å². The Morgan fingerprint density at radius 3 is 2.89 bits per heavy atom. The van der Waals surface area contributed by atoms with Gasteiger partial charge in [-0.2, -0.15) is 15.1 Å². The highest BCUT2D eigenvalue weighted by molar-refractivity contribution is 6.28. The minimum absolute atomic E-state index is 0.266. The first-order valence-electron chi connectivity index (χ1n) is 6.82. The molecule has 0 aromatic carbocycles. The van der Waals surface area contributed by atoms with E-state index in [4.69, 9.17) is 11.6 Å². The van der Waals surface area contributed by atoms with Gasteiger partial charge in [0.2, 0.25) is 5.28 Å². The molecule has 0 aliphatic heterocycles. The molecule has 5 nitrogen and oxygen atoms in total. The highest BCUT2D eigenvalue weighted by Crippen LogP contribution is 2.28. The monoisotopic (exact) mass is 279 g/mol. The summed E-state index contributed by atoms with van der Waals surface area (Å²) in [6.07, 6.45) is 8.48. The highest BCUT2D eigenvalue weighted by Gasteiger charge is 2.18. The molecule has 1 fully saturated rings. The molecule has 1 aliphatic rings. The number of fused-ring (bicyclic) bond motifs is 1. The number of nitrogens with one attached hydrogen (secondary N) is 1. The summed E-state index contributed by atoms with van der Waals surface area (Å²) in [6.45, 7) is 1.02. The second-order valence-electron chi connectivity index (χ2n) is 5.33. The summed E-state index contributed by atoms with van der Waals surface area (Å²) in [5.41, 5.74) is 0.700. The third-order valence-electron chi connectivity index (χ3n) is 3.88. The van der Waals surface area contributed by atoms with Crippen LogP contribution in [0.3, 0.4) is 0 Å². The van der Waals surface area contributed by atoms with Crippen LogP contribution in [0, 0.1) is 5.92 Å². The largest absolute Gasteiger partial charge is 0.359 e. The van der Waals surface area contributed by atoms with Gasteiger partial charge in [0.05, 0.1) is 11.6 Å². The summed E-state index contributed by atoms with van der Waals surface area (Å²) in [5.74, 6) is 1.63. The number of hydrogen-bond acceptors (Lipinski definition) is 4. The molecule has 6 heteroatoms. The first kappa shape index (κ1) is 12.7. The van der Waals surface area contributed by atoms with E-state index in [0.29, 0.717) is 5.65 Å². The summed E-state index contributed by atoms with van der Waals surface area (Å²) in [4.78, 5) is 10.7. The van der Waals surface area contributed by atoms with Gasteiger partial charge in [-0.3, -0.25) is 5.10 Å². The second-order valence-corrected chi connectivity index (χ2v) is 5.67. The molecule has 0 saturated heterocycles. The molecule has 0 atom stereocenters. The maximum Gasteiger partial charge on any atom is 0.226 e. The molecule has 0 spiro atoms. The molecule has 0 bridgehead atoms. The van der Waals surface area contributed by atoms with E-state index in [1.54, 1.807) is 6.20 Å². The van der Waals surface area contributed by atoms with Gasteiger partial charge in [0.1, 0.15) is 5.82 Å². The zero-order valence-electron chi connectivity index (χ0n) is 11.1. The molecule has 0 unspecified atom stereocenters. The van der Waals surface area contributed by atoms with Gasteiger partial charge in [0.25, 0.3) is 0 Å². The summed E-state index contributed by atoms with van der Waals surface area (Å²) in [6, 6.07) is 0. The van der Waals surface area contributed by atoms with Gasteiger partial charge in [-0.15, -0.1) is 0 Å². The average Bonchev–Trinajstić information content (AvgIpc) is 2.86. The molecular weight excluding hydrogens is 262 g/mol. The molecule has 102 valence electrons. The van der Waals surface area contributed by atoms with Crippen LogP contribution < -0.4 is 4.90 Å². The zero-order chi connectivity index (χ0) is 13.2. The van der Waals surface area contributed by atoms with Crippen LogP contribution >= 0.6 is 11.6 Å². The molecule has 1 aliphatic carbocycles. The Kier molecular flexibility index (Phi) is 3.55. The number of anilines is 1. The van der Waals surface area contributed by atoms with Crippen LogP contribution in [0.2, 0.25) is 5.28 Å². The minimum atomic E-state index is 0.266. The van der Waals surface area contributed by atoms with E-state index in [2.05, 4.69) is 32.1 Å².